The Bertz CT molecular complexity index is 1480. The molecule has 0 N–H and O–H groups in total. The summed E-state index contributed by atoms with van der Waals surface area (Å²) in [7, 11) is 9.94. The molecule has 15 heteroatoms. The summed E-state index contributed by atoms with van der Waals surface area (Å²) in [5, 5.41) is 0.0712. The van der Waals surface area contributed by atoms with Crippen LogP contribution in [0.2, 0.25) is 5.28 Å². The van der Waals surface area contributed by atoms with E-state index in [1.165, 1.54) is 0 Å². The number of ether oxygens (including phenoxy) is 5. The van der Waals surface area contributed by atoms with E-state index in [1.807, 2.05) is 21.9 Å². The van der Waals surface area contributed by atoms with E-state index in [4.69, 9.17) is 45.3 Å². The predicted octanol–water partition coefficient (Wildman–Crippen LogP) is 2.65. The number of carbonyl (C=O) groups is 1. The summed E-state index contributed by atoms with van der Waals surface area (Å²) in [6, 6.07) is 3.81. The summed E-state index contributed by atoms with van der Waals surface area (Å²) in [4.78, 5) is 40.0. The van der Waals surface area contributed by atoms with Gasteiger partial charge in [0.2, 0.25) is 22.9 Å². The number of anilines is 3. The van der Waals surface area contributed by atoms with Gasteiger partial charge in [-0.15, -0.1) is 0 Å². The standard InChI is InChI=1S/C30H41ClN8O6/c1-36-11-12-38(18-23(36)40)27-25-24(32-29(31)34-27)28(37-9-7-20(42-3)8-10-37)35-30(33-25)39(13-14-41-2)17-19-15-21(43-4)26(45-6)22(16-19)44-5/h15-16,20H,7-14,17-18H2,1-6H3. The van der Waals surface area contributed by atoms with E-state index in [1.54, 1.807) is 47.5 Å². The lowest BCUT2D eigenvalue weighted by atomic mass is 10.1. The van der Waals surface area contributed by atoms with Gasteiger partial charge in [-0.25, -0.2) is 9.97 Å². The molecule has 2 saturated heterocycles. The van der Waals surface area contributed by atoms with Crippen LogP contribution >= 0.6 is 11.6 Å². The zero-order valence-corrected chi connectivity index (χ0v) is 27.5. The third-order valence-corrected chi connectivity index (χ3v) is 8.41. The molecule has 2 aliphatic heterocycles. The van der Waals surface area contributed by atoms with E-state index in [-0.39, 0.29) is 23.8 Å². The summed E-state index contributed by atoms with van der Waals surface area (Å²) in [5.41, 5.74) is 1.96. The largest absolute Gasteiger partial charge is 0.493 e. The number of piperazine rings is 1. The van der Waals surface area contributed by atoms with Crippen LogP contribution in [0.5, 0.6) is 17.2 Å². The number of likely N-dealkylation sites (N-methyl/N-ethyl adjacent to an activating group) is 1. The molecule has 1 amide bonds. The van der Waals surface area contributed by atoms with E-state index in [0.29, 0.717) is 78.7 Å². The smallest absolute Gasteiger partial charge is 0.241 e. The molecule has 0 aliphatic carbocycles. The van der Waals surface area contributed by atoms with Crippen LogP contribution in [0, 0.1) is 0 Å². The zero-order chi connectivity index (χ0) is 32.1. The van der Waals surface area contributed by atoms with Gasteiger partial charge in [0.15, 0.2) is 23.1 Å². The minimum Gasteiger partial charge on any atom is -0.493 e. The van der Waals surface area contributed by atoms with E-state index < -0.39 is 0 Å². The normalized spacial score (nSPS) is 16.0. The number of hydrogen-bond donors (Lipinski definition) is 0. The third kappa shape index (κ3) is 7.02. The Balaban J connectivity index is 1.65. The molecule has 0 unspecified atom stereocenters. The molecule has 2 fully saturated rings. The molecule has 0 saturated carbocycles. The predicted molar refractivity (Wildman–Crippen MR) is 171 cm³/mol. The number of aromatic nitrogens is 4. The maximum atomic E-state index is 12.7. The summed E-state index contributed by atoms with van der Waals surface area (Å²) < 4.78 is 27.9. The van der Waals surface area contributed by atoms with Crippen molar-refractivity contribution in [1.29, 1.82) is 0 Å². The molecule has 2 aliphatic rings. The van der Waals surface area contributed by atoms with Gasteiger partial charge in [0.05, 0.1) is 40.6 Å². The molecular formula is C30H41ClN8O6. The molecule has 2 aromatic heterocycles. The number of carbonyl (C=O) groups excluding carboxylic acids is 1. The van der Waals surface area contributed by atoms with Crippen LogP contribution < -0.4 is 28.9 Å². The molecule has 4 heterocycles. The van der Waals surface area contributed by atoms with Gasteiger partial charge in [-0.05, 0) is 42.1 Å². The number of rotatable bonds is 12. The Morgan fingerprint density at radius 3 is 2.13 bits per heavy atom. The minimum absolute atomic E-state index is 0.00982. The topological polar surface area (TPSA) is 128 Å². The van der Waals surface area contributed by atoms with Crippen molar-refractivity contribution in [1.82, 2.24) is 24.8 Å². The number of nitrogens with zero attached hydrogens (tertiary/aromatic N) is 8. The number of fused-ring (bicyclic) bond motifs is 1. The third-order valence-electron chi connectivity index (χ3n) is 8.25. The Hall–Kier alpha value is -3.88. The molecule has 45 heavy (non-hydrogen) atoms. The molecular weight excluding hydrogens is 604 g/mol. The number of piperidine rings is 1. The lowest BCUT2D eigenvalue weighted by molar-refractivity contribution is -0.129. The average molecular weight is 645 g/mol. The summed E-state index contributed by atoms with van der Waals surface area (Å²) in [6.45, 7) is 4.06. The molecule has 244 valence electrons. The second-order valence-corrected chi connectivity index (χ2v) is 11.3. The maximum Gasteiger partial charge on any atom is 0.241 e. The van der Waals surface area contributed by atoms with Gasteiger partial charge in [0, 0.05) is 60.5 Å². The first-order chi connectivity index (χ1) is 21.8. The van der Waals surface area contributed by atoms with E-state index in [9.17, 15) is 4.79 Å². The van der Waals surface area contributed by atoms with Crippen LogP contribution in [0.3, 0.4) is 0 Å². The number of amides is 1. The van der Waals surface area contributed by atoms with E-state index in [0.717, 1.165) is 31.5 Å². The van der Waals surface area contributed by atoms with Gasteiger partial charge in [-0.3, -0.25) is 4.79 Å². The summed E-state index contributed by atoms with van der Waals surface area (Å²) in [6.07, 6.45) is 1.86. The highest BCUT2D eigenvalue weighted by atomic mass is 35.5. The van der Waals surface area contributed by atoms with Crippen molar-refractivity contribution in [3.8, 4) is 17.2 Å². The highest BCUT2D eigenvalue weighted by Gasteiger charge is 2.30. The fourth-order valence-corrected chi connectivity index (χ4v) is 5.84. The number of hydrogen-bond acceptors (Lipinski definition) is 13. The van der Waals surface area contributed by atoms with Crippen LogP contribution in [0.4, 0.5) is 17.6 Å². The van der Waals surface area contributed by atoms with Crippen LogP contribution in [0.1, 0.15) is 18.4 Å². The highest BCUT2D eigenvalue weighted by Crippen LogP contribution is 2.39. The van der Waals surface area contributed by atoms with Gasteiger partial charge >= 0.3 is 0 Å². The molecule has 0 atom stereocenters. The molecule has 0 bridgehead atoms. The van der Waals surface area contributed by atoms with Crippen LogP contribution in [0.25, 0.3) is 11.0 Å². The lowest BCUT2D eigenvalue weighted by Gasteiger charge is -2.35. The Kier molecular flexibility index (Phi) is 10.5. The average Bonchev–Trinajstić information content (AvgIpc) is 3.06. The van der Waals surface area contributed by atoms with Crippen molar-refractivity contribution in [2.24, 2.45) is 0 Å². The van der Waals surface area contributed by atoms with Gasteiger partial charge in [0.25, 0.3) is 0 Å². The van der Waals surface area contributed by atoms with E-state index >= 15 is 0 Å². The van der Waals surface area contributed by atoms with Crippen molar-refractivity contribution in [2.45, 2.75) is 25.5 Å². The second-order valence-electron chi connectivity index (χ2n) is 11.0. The molecule has 14 nitrogen and oxygen atoms in total. The molecule has 0 radical (unpaired) electrons. The van der Waals surface area contributed by atoms with Gasteiger partial charge < -0.3 is 43.3 Å². The van der Waals surface area contributed by atoms with Gasteiger partial charge in [0.1, 0.15) is 11.0 Å². The first kappa shape index (κ1) is 32.5. The zero-order valence-electron chi connectivity index (χ0n) is 26.7. The van der Waals surface area contributed by atoms with E-state index in [2.05, 4.69) is 14.9 Å². The Labute approximate surface area is 268 Å². The van der Waals surface area contributed by atoms with Crippen molar-refractivity contribution in [2.75, 3.05) is 103 Å². The fourth-order valence-electron chi connectivity index (χ4n) is 5.67. The Morgan fingerprint density at radius 2 is 1.53 bits per heavy atom. The first-order valence-electron chi connectivity index (χ1n) is 14.8. The fraction of sp³-hybridized carbons (Fsp3) is 0.567. The van der Waals surface area contributed by atoms with Gasteiger partial charge in [-0.2, -0.15) is 9.97 Å². The minimum atomic E-state index is -0.00982. The number of halogens is 1. The SMILES string of the molecule is COCCN(Cc1cc(OC)c(OC)c(OC)c1)c1nc(N2CCC(OC)CC2)c2nc(Cl)nc(N3CCN(C)C(=O)C3)c2n1. The summed E-state index contributed by atoms with van der Waals surface area (Å²) in [5.74, 6) is 3.21. The second kappa shape index (κ2) is 14.5. The quantitative estimate of drug-likeness (QED) is 0.268. The highest BCUT2D eigenvalue weighted by molar-refractivity contribution is 6.29. The lowest BCUT2D eigenvalue weighted by Crippen LogP contribution is -2.49. The van der Waals surface area contributed by atoms with Crippen molar-refractivity contribution >= 4 is 46.1 Å². The van der Waals surface area contributed by atoms with Crippen molar-refractivity contribution in [3.63, 3.8) is 0 Å². The maximum absolute atomic E-state index is 12.7. The van der Waals surface area contributed by atoms with Crippen LogP contribution in [0.15, 0.2) is 12.1 Å². The molecule has 1 aromatic carbocycles. The summed E-state index contributed by atoms with van der Waals surface area (Å²) >= 11 is 6.53. The van der Waals surface area contributed by atoms with Crippen LogP contribution in [-0.4, -0.2) is 125 Å². The first-order valence-corrected chi connectivity index (χ1v) is 15.2. The van der Waals surface area contributed by atoms with Gasteiger partial charge in [-0.1, -0.05) is 0 Å². The Morgan fingerprint density at radius 1 is 0.867 bits per heavy atom. The van der Waals surface area contributed by atoms with Crippen LogP contribution in [-0.2, 0) is 20.8 Å². The molecule has 5 rings (SSSR count). The molecule has 0 spiro atoms. The van der Waals surface area contributed by atoms with Crippen molar-refractivity contribution in [3.05, 3.63) is 23.0 Å². The van der Waals surface area contributed by atoms with Crippen molar-refractivity contribution < 1.29 is 28.5 Å². The monoisotopic (exact) mass is 644 g/mol. The number of benzene rings is 1. The number of methoxy groups -OCH3 is 5. The molecule has 3 aromatic rings.